The van der Waals surface area contributed by atoms with E-state index in [0.29, 0.717) is 17.0 Å². The number of hydrogen-bond acceptors (Lipinski definition) is 4. The van der Waals surface area contributed by atoms with E-state index in [-0.39, 0.29) is 5.88 Å². The average Bonchev–Trinajstić information content (AvgIpc) is 2.71. The highest BCUT2D eigenvalue weighted by atomic mass is 16.3. The Kier molecular flexibility index (Phi) is 2.04. The molecule has 0 saturated carbocycles. The van der Waals surface area contributed by atoms with E-state index < -0.39 is 0 Å². The van der Waals surface area contributed by atoms with Gasteiger partial charge in [0.15, 0.2) is 5.65 Å². The normalized spacial score (nSPS) is 10.9. The van der Waals surface area contributed by atoms with Crippen LogP contribution in [0.3, 0.4) is 0 Å². The van der Waals surface area contributed by atoms with Crippen molar-refractivity contribution in [1.29, 1.82) is 0 Å². The molecule has 3 aromatic rings. The molecule has 0 bridgehead atoms. The average molecular weight is 225 g/mol. The Balaban J connectivity index is 2.25. The van der Waals surface area contributed by atoms with Gasteiger partial charge in [-0.05, 0) is 31.0 Å². The van der Waals surface area contributed by atoms with E-state index in [1.807, 2.05) is 25.1 Å². The fraction of sp³-hybridized carbons (Fsp3) is 0.0833. The zero-order valence-corrected chi connectivity index (χ0v) is 9.16. The summed E-state index contributed by atoms with van der Waals surface area (Å²) in [5, 5.41) is 15.9. The predicted octanol–water partition coefficient (Wildman–Crippen LogP) is 1.17. The summed E-state index contributed by atoms with van der Waals surface area (Å²) in [5.41, 5.74) is 2.58. The second-order valence-corrected chi connectivity index (χ2v) is 3.75. The van der Waals surface area contributed by atoms with E-state index in [1.54, 1.807) is 12.3 Å². The van der Waals surface area contributed by atoms with Gasteiger partial charge in [0.25, 0.3) is 0 Å². The largest absolute Gasteiger partial charge is 0.858 e. The van der Waals surface area contributed by atoms with Gasteiger partial charge < -0.3 is 5.11 Å². The van der Waals surface area contributed by atoms with Crippen LogP contribution in [0.1, 0.15) is 5.69 Å². The summed E-state index contributed by atoms with van der Waals surface area (Å²) >= 11 is 0. The molecule has 0 aromatic carbocycles. The molecular weight excluding hydrogens is 216 g/mol. The molecule has 0 N–H and O–H groups in total. The standard InChI is InChI=1S/C12H10N4O/c1-8-6-11-14-10(7-12(17)16(11)15-8)9-4-2-3-5-13-9/h2-7,17H,1H3/p-1. The van der Waals surface area contributed by atoms with Crippen molar-refractivity contribution in [2.75, 3.05) is 0 Å². The third-order valence-corrected chi connectivity index (χ3v) is 2.44. The first-order valence-electron chi connectivity index (χ1n) is 5.20. The molecule has 17 heavy (non-hydrogen) atoms. The molecule has 84 valence electrons. The van der Waals surface area contributed by atoms with Crippen LogP contribution in [0.5, 0.6) is 5.88 Å². The van der Waals surface area contributed by atoms with E-state index in [1.165, 1.54) is 10.6 Å². The Morgan fingerprint density at radius 3 is 2.82 bits per heavy atom. The summed E-state index contributed by atoms with van der Waals surface area (Å²) in [6.07, 6.45) is 1.67. The zero-order chi connectivity index (χ0) is 11.8. The number of rotatable bonds is 1. The van der Waals surface area contributed by atoms with Gasteiger partial charge in [0.1, 0.15) is 0 Å². The number of pyridine rings is 1. The highest BCUT2D eigenvalue weighted by Gasteiger charge is 2.05. The molecule has 0 spiro atoms. The van der Waals surface area contributed by atoms with Crippen molar-refractivity contribution in [1.82, 2.24) is 19.6 Å². The van der Waals surface area contributed by atoms with Crippen molar-refractivity contribution < 1.29 is 5.11 Å². The van der Waals surface area contributed by atoms with Gasteiger partial charge in [-0.2, -0.15) is 5.10 Å². The minimum atomic E-state index is -0.191. The van der Waals surface area contributed by atoms with Crippen LogP contribution in [-0.2, 0) is 0 Å². The van der Waals surface area contributed by atoms with Crippen molar-refractivity contribution in [2.45, 2.75) is 6.92 Å². The zero-order valence-electron chi connectivity index (χ0n) is 9.16. The molecule has 5 heteroatoms. The van der Waals surface area contributed by atoms with Crippen LogP contribution in [0.25, 0.3) is 17.0 Å². The predicted molar refractivity (Wildman–Crippen MR) is 60.4 cm³/mol. The van der Waals surface area contributed by atoms with Crippen LogP contribution < -0.4 is 5.11 Å². The Labute approximate surface area is 97.4 Å². The first kappa shape index (κ1) is 9.77. The fourth-order valence-electron chi connectivity index (χ4n) is 1.71. The lowest BCUT2D eigenvalue weighted by Gasteiger charge is -2.09. The first-order chi connectivity index (χ1) is 8.24. The third kappa shape index (κ3) is 1.61. The monoisotopic (exact) mass is 225 g/mol. The van der Waals surface area contributed by atoms with Crippen molar-refractivity contribution in [2.24, 2.45) is 0 Å². The van der Waals surface area contributed by atoms with E-state index in [4.69, 9.17) is 0 Å². The van der Waals surface area contributed by atoms with Gasteiger partial charge in [0, 0.05) is 12.3 Å². The molecule has 0 atom stereocenters. The van der Waals surface area contributed by atoms with E-state index in [2.05, 4.69) is 15.1 Å². The second-order valence-electron chi connectivity index (χ2n) is 3.75. The summed E-state index contributed by atoms with van der Waals surface area (Å²) in [7, 11) is 0. The van der Waals surface area contributed by atoms with Gasteiger partial charge in [0.2, 0.25) is 0 Å². The topological polar surface area (TPSA) is 66.1 Å². The van der Waals surface area contributed by atoms with Crippen LogP contribution in [0, 0.1) is 6.92 Å². The van der Waals surface area contributed by atoms with Crippen molar-refractivity contribution in [3.8, 4) is 17.3 Å². The molecule has 0 unspecified atom stereocenters. The number of aryl methyl sites for hydroxylation is 1. The fourth-order valence-corrected chi connectivity index (χ4v) is 1.71. The Morgan fingerprint density at radius 1 is 1.18 bits per heavy atom. The molecule has 0 fully saturated rings. The van der Waals surface area contributed by atoms with E-state index in [0.717, 1.165) is 5.69 Å². The molecule has 3 aromatic heterocycles. The molecular formula is C12H9N4O-. The minimum absolute atomic E-state index is 0.191. The lowest BCUT2D eigenvalue weighted by atomic mass is 10.2. The van der Waals surface area contributed by atoms with Crippen LogP contribution in [0.4, 0.5) is 0 Å². The van der Waals surface area contributed by atoms with Crippen molar-refractivity contribution >= 4 is 5.65 Å². The van der Waals surface area contributed by atoms with Gasteiger partial charge in [0.05, 0.1) is 17.1 Å². The third-order valence-electron chi connectivity index (χ3n) is 2.44. The van der Waals surface area contributed by atoms with E-state index in [9.17, 15) is 5.11 Å². The van der Waals surface area contributed by atoms with Gasteiger partial charge in [-0.15, -0.1) is 0 Å². The van der Waals surface area contributed by atoms with Gasteiger partial charge in [-0.1, -0.05) is 6.07 Å². The molecule has 3 heterocycles. The summed E-state index contributed by atoms with van der Waals surface area (Å²) in [6, 6.07) is 8.72. The van der Waals surface area contributed by atoms with E-state index >= 15 is 0 Å². The minimum Gasteiger partial charge on any atom is -0.858 e. The van der Waals surface area contributed by atoms with Gasteiger partial charge in [-0.25, -0.2) is 9.50 Å². The molecule has 0 aliphatic carbocycles. The molecule has 5 nitrogen and oxygen atoms in total. The molecule has 0 aliphatic heterocycles. The highest BCUT2D eigenvalue weighted by Crippen LogP contribution is 2.19. The smallest absolute Gasteiger partial charge is 0.155 e. The highest BCUT2D eigenvalue weighted by molar-refractivity contribution is 5.59. The van der Waals surface area contributed by atoms with Crippen LogP contribution >= 0.6 is 0 Å². The van der Waals surface area contributed by atoms with Gasteiger partial charge in [-0.3, -0.25) is 4.98 Å². The summed E-state index contributed by atoms with van der Waals surface area (Å²) in [5.74, 6) is -0.191. The van der Waals surface area contributed by atoms with Crippen LogP contribution in [-0.4, -0.2) is 19.6 Å². The molecule has 0 radical (unpaired) electrons. The summed E-state index contributed by atoms with van der Waals surface area (Å²) < 4.78 is 1.29. The number of fused-ring (bicyclic) bond motifs is 1. The summed E-state index contributed by atoms with van der Waals surface area (Å²) in [6.45, 7) is 1.83. The Bertz CT molecular complexity index is 676. The van der Waals surface area contributed by atoms with Gasteiger partial charge >= 0.3 is 0 Å². The molecule has 3 rings (SSSR count). The quantitative estimate of drug-likeness (QED) is 0.623. The second kappa shape index (κ2) is 3.55. The molecule has 0 saturated heterocycles. The first-order valence-corrected chi connectivity index (χ1v) is 5.20. The SMILES string of the molecule is Cc1cc2nc(-c3ccccn3)cc([O-])n2n1. The lowest BCUT2D eigenvalue weighted by molar-refractivity contribution is -0.277. The number of nitrogens with zero attached hydrogens (tertiary/aromatic N) is 4. The Hall–Kier alpha value is -2.43. The maximum absolute atomic E-state index is 11.8. The van der Waals surface area contributed by atoms with Crippen LogP contribution in [0.15, 0.2) is 36.5 Å². The number of hydrogen-bond donors (Lipinski definition) is 0. The molecule has 0 aliphatic rings. The van der Waals surface area contributed by atoms with Crippen molar-refractivity contribution in [3.63, 3.8) is 0 Å². The lowest BCUT2D eigenvalue weighted by Crippen LogP contribution is -2.03. The molecule has 0 amide bonds. The van der Waals surface area contributed by atoms with Crippen LogP contribution in [0.2, 0.25) is 0 Å². The number of aromatic nitrogens is 4. The van der Waals surface area contributed by atoms with Crippen molar-refractivity contribution in [3.05, 3.63) is 42.2 Å². The maximum atomic E-state index is 11.8. The summed E-state index contributed by atoms with van der Waals surface area (Å²) in [4.78, 5) is 8.54. The maximum Gasteiger partial charge on any atom is 0.155 e. The Morgan fingerprint density at radius 2 is 2.06 bits per heavy atom.